The molecule has 7 nitrogen and oxygen atoms in total. The third-order valence-electron chi connectivity index (χ3n) is 3.07. The molecule has 0 saturated carbocycles. The van der Waals surface area contributed by atoms with Crippen molar-refractivity contribution in [2.75, 3.05) is 31.6 Å². The summed E-state index contributed by atoms with van der Waals surface area (Å²) in [6.45, 7) is 6.14. The lowest BCUT2D eigenvalue weighted by Crippen LogP contribution is -2.53. The average molecular weight is 307 g/mol. The van der Waals surface area contributed by atoms with Crippen molar-refractivity contribution in [1.29, 1.82) is 0 Å². The van der Waals surface area contributed by atoms with E-state index in [4.69, 9.17) is 9.47 Å². The van der Waals surface area contributed by atoms with Gasteiger partial charge in [0.1, 0.15) is 18.0 Å². The Morgan fingerprint density at radius 3 is 2.59 bits per heavy atom. The zero-order chi connectivity index (χ0) is 16.3. The SMILES string of the molecule is COc1cccc(N2CCN(C(=O)OC(C)(C)C)CC2=O)n1. The number of methoxy groups -OCH3 is 1. The molecule has 0 bridgehead atoms. The Hall–Kier alpha value is -2.31. The van der Waals surface area contributed by atoms with Gasteiger partial charge in [0.25, 0.3) is 0 Å². The summed E-state index contributed by atoms with van der Waals surface area (Å²) in [6, 6.07) is 5.23. The van der Waals surface area contributed by atoms with Crippen LogP contribution in [0, 0.1) is 0 Å². The van der Waals surface area contributed by atoms with Gasteiger partial charge in [-0.25, -0.2) is 4.79 Å². The van der Waals surface area contributed by atoms with Crippen molar-refractivity contribution >= 4 is 17.8 Å². The van der Waals surface area contributed by atoms with Crippen molar-refractivity contribution in [2.24, 2.45) is 0 Å². The van der Waals surface area contributed by atoms with Crippen LogP contribution in [0.25, 0.3) is 0 Å². The maximum Gasteiger partial charge on any atom is 0.410 e. The summed E-state index contributed by atoms with van der Waals surface area (Å²) in [4.78, 5) is 31.5. The number of hydrogen-bond acceptors (Lipinski definition) is 5. The molecule has 2 heterocycles. The lowest BCUT2D eigenvalue weighted by Gasteiger charge is -2.34. The summed E-state index contributed by atoms with van der Waals surface area (Å²) in [7, 11) is 1.52. The highest BCUT2D eigenvalue weighted by Crippen LogP contribution is 2.19. The van der Waals surface area contributed by atoms with E-state index in [1.54, 1.807) is 43.9 Å². The molecule has 0 unspecified atom stereocenters. The number of aromatic nitrogens is 1. The molecule has 1 fully saturated rings. The molecule has 1 aliphatic heterocycles. The topological polar surface area (TPSA) is 72.0 Å². The molecule has 2 amide bonds. The molecular formula is C15H21N3O4. The van der Waals surface area contributed by atoms with Gasteiger partial charge in [0.2, 0.25) is 11.8 Å². The number of anilines is 1. The first-order chi connectivity index (χ1) is 10.3. The van der Waals surface area contributed by atoms with Crippen LogP contribution in [0.5, 0.6) is 5.88 Å². The predicted molar refractivity (Wildman–Crippen MR) is 80.9 cm³/mol. The Kier molecular flexibility index (Phi) is 4.54. The van der Waals surface area contributed by atoms with Crippen molar-refractivity contribution in [3.05, 3.63) is 18.2 Å². The van der Waals surface area contributed by atoms with E-state index in [1.165, 1.54) is 12.0 Å². The minimum Gasteiger partial charge on any atom is -0.481 e. The molecular weight excluding hydrogens is 286 g/mol. The molecule has 1 aromatic rings. The molecule has 22 heavy (non-hydrogen) atoms. The molecule has 0 spiro atoms. The van der Waals surface area contributed by atoms with Crippen LogP contribution in [0.3, 0.4) is 0 Å². The monoisotopic (exact) mass is 307 g/mol. The van der Waals surface area contributed by atoms with Crippen LogP contribution in [-0.4, -0.2) is 54.2 Å². The number of piperazine rings is 1. The second-order valence-corrected chi connectivity index (χ2v) is 5.99. The molecule has 0 aliphatic carbocycles. The third-order valence-corrected chi connectivity index (χ3v) is 3.07. The maximum absolute atomic E-state index is 12.3. The summed E-state index contributed by atoms with van der Waals surface area (Å²) >= 11 is 0. The predicted octanol–water partition coefficient (Wildman–Crippen LogP) is 1.67. The van der Waals surface area contributed by atoms with Gasteiger partial charge in [-0.3, -0.25) is 14.6 Å². The fourth-order valence-electron chi connectivity index (χ4n) is 2.07. The van der Waals surface area contributed by atoms with Gasteiger partial charge < -0.3 is 9.47 Å². The summed E-state index contributed by atoms with van der Waals surface area (Å²) in [5.74, 6) is 0.769. The number of rotatable bonds is 2. The van der Waals surface area contributed by atoms with Gasteiger partial charge >= 0.3 is 6.09 Å². The highest BCUT2D eigenvalue weighted by molar-refractivity contribution is 5.96. The molecule has 0 radical (unpaired) electrons. The Bertz CT molecular complexity index is 568. The number of carbonyl (C=O) groups is 2. The zero-order valence-electron chi connectivity index (χ0n) is 13.3. The largest absolute Gasteiger partial charge is 0.481 e. The lowest BCUT2D eigenvalue weighted by molar-refractivity contribution is -0.121. The number of nitrogens with zero attached hydrogens (tertiary/aromatic N) is 3. The molecule has 0 N–H and O–H groups in total. The van der Waals surface area contributed by atoms with E-state index in [9.17, 15) is 9.59 Å². The van der Waals surface area contributed by atoms with Crippen molar-refractivity contribution in [3.8, 4) is 5.88 Å². The second kappa shape index (κ2) is 6.21. The maximum atomic E-state index is 12.3. The summed E-state index contributed by atoms with van der Waals surface area (Å²) in [6.07, 6.45) is -0.473. The minimum absolute atomic E-state index is 0.0200. The molecule has 2 rings (SSSR count). The Labute approximate surface area is 129 Å². The average Bonchev–Trinajstić information content (AvgIpc) is 2.45. The van der Waals surface area contributed by atoms with Crippen molar-refractivity contribution < 1.29 is 19.1 Å². The van der Waals surface area contributed by atoms with Crippen LogP contribution in [0.4, 0.5) is 10.6 Å². The smallest absolute Gasteiger partial charge is 0.410 e. The van der Waals surface area contributed by atoms with Crippen LogP contribution < -0.4 is 9.64 Å². The van der Waals surface area contributed by atoms with Crippen molar-refractivity contribution in [1.82, 2.24) is 9.88 Å². The van der Waals surface area contributed by atoms with Crippen LogP contribution in [0.15, 0.2) is 18.2 Å². The van der Waals surface area contributed by atoms with Crippen molar-refractivity contribution in [2.45, 2.75) is 26.4 Å². The van der Waals surface area contributed by atoms with E-state index in [2.05, 4.69) is 4.98 Å². The zero-order valence-corrected chi connectivity index (χ0v) is 13.3. The number of carbonyl (C=O) groups excluding carboxylic acids is 2. The molecule has 1 aliphatic rings. The van der Waals surface area contributed by atoms with E-state index in [0.717, 1.165) is 0 Å². The van der Waals surface area contributed by atoms with Gasteiger partial charge in [0.05, 0.1) is 7.11 Å². The van der Waals surface area contributed by atoms with Crippen LogP contribution in [0.2, 0.25) is 0 Å². The number of hydrogen-bond donors (Lipinski definition) is 0. The molecule has 0 aromatic carbocycles. The highest BCUT2D eigenvalue weighted by Gasteiger charge is 2.31. The lowest BCUT2D eigenvalue weighted by atomic mass is 10.2. The molecule has 7 heteroatoms. The number of pyridine rings is 1. The Balaban J connectivity index is 2.04. The third kappa shape index (κ3) is 3.87. The first-order valence-corrected chi connectivity index (χ1v) is 7.09. The van der Waals surface area contributed by atoms with Gasteiger partial charge in [-0.15, -0.1) is 0 Å². The number of amides is 2. The van der Waals surface area contributed by atoms with E-state index < -0.39 is 11.7 Å². The van der Waals surface area contributed by atoms with Crippen molar-refractivity contribution in [3.63, 3.8) is 0 Å². The first-order valence-electron chi connectivity index (χ1n) is 7.09. The van der Waals surface area contributed by atoms with Gasteiger partial charge in [-0.05, 0) is 26.8 Å². The standard InChI is InChI=1S/C15H21N3O4/c1-15(2,3)22-14(20)17-8-9-18(13(19)10-17)11-6-5-7-12(16-11)21-4/h5-7H,8-10H2,1-4H3. The molecule has 120 valence electrons. The summed E-state index contributed by atoms with van der Waals surface area (Å²) < 4.78 is 10.3. The van der Waals surface area contributed by atoms with Crippen LogP contribution >= 0.6 is 0 Å². The van der Waals surface area contributed by atoms with Gasteiger partial charge in [-0.2, -0.15) is 4.98 Å². The normalized spacial score (nSPS) is 15.7. The molecule has 1 saturated heterocycles. The first kappa shape index (κ1) is 16.1. The van der Waals surface area contributed by atoms with E-state index in [-0.39, 0.29) is 12.5 Å². The van der Waals surface area contributed by atoms with Gasteiger partial charge in [-0.1, -0.05) is 6.07 Å². The van der Waals surface area contributed by atoms with E-state index in [0.29, 0.717) is 24.8 Å². The molecule has 0 atom stereocenters. The van der Waals surface area contributed by atoms with E-state index >= 15 is 0 Å². The Morgan fingerprint density at radius 1 is 1.27 bits per heavy atom. The Morgan fingerprint density at radius 2 is 2.00 bits per heavy atom. The summed E-state index contributed by atoms with van der Waals surface area (Å²) in [5, 5.41) is 0. The van der Waals surface area contributed by atoms with E-state index in [1.807, 2.05) is 0 Å². The number of ether oxygens (including phenoxy) is 2. The highest BCUT2D eigenvalue weighted by atomic mass is 16.6. The summed E-state index contributed by atoms with van der Waals surface area (Å²) in [5.41, 5.74) is -0.578. The fourth-order valence-corrected chi connectivity index (χ4v) is 2.07. The van der Waals surface area contributed by atoms with Crippen LogP contribution in [0.1, 0.15) is 20.8 Å². The minimum atomic E-state index is -0.578. The fraction of sp³-hybridized carbons (Fsp3) is 0.533. The second-order valence-electron chi connectivity index (χ2n) is 5.99. The van der Waals surface area contributed by atoms with Crippen LogP contribution in [-0.2, 0) is 9.53 Å². The van der Waals surface area contributed by atoms with Gasteiger partial charge in [0, 0.05) is 19.2 Å². The molecule has 1 aromatic heterocycles. The van der Waals surface area contributed by atoms with Gasteiger partial charge in [0.15, 0.2) is 0 Å². The quantitative estimate of drug-likeness (QED) is 0.831.